The van der Waals surface area contributed by atoms with E-state index in [1.807, 2.05) is 37.3 Å². The molecule has 134 valence electrons. The molecule has 0 radical (unpaired) electrons. The summed E-state index contributed by atoms with van der Waals surface area (Å²) in [7, 11) is -3.03. The second kappa shape index (κ2) is 7.00. The number of oxazole rings is 1. The van der Waals surface area contributed by atoms with Gasteiger partial charge in [0.1, 0.15) is 5.76 Å². The van der Waals surface area contributed by atoms with E-state index in [-0.39, 0.29) is 29.9 Å². The number of hydrogen-bond donors (Lipinski definition) is 0. The first-order valence-corrected chi connectivity index (χ1v) is 10.2. The first-order valence-electron chi connectivity index (χ1n) is 8.41. The third-order valence-electron chi connectivity index (χ3n) is 4.54. The molecule has 1 aromatic heterocycles. The molecule has 2 aromatic rings. The maximum atomic E-state index is 12.7. The van der Waals surface area contributed by atoms with Crippen molar-refractivity contribution in [2.75, 3.05) is 18.1 Å². The molecule has 0 N–H and O–H groups in total. The Kier molecular flexibility index (Phi) is 4.94. The number of benzene rings is 1. The zero-order valence-corrected chi connectivity index (χ0v) is 15.3. The highest BCUT2D eigenvalue weighted by molar-refractivity contribution is 7.91. The Morgan fingerprint density at radius 2 is 2.04 bits per heavy atom. The number of amides is 1. The highest BCUT2D eigenvalue weighted by Crippen LogP contribution is 2.23. The van der Waals surface area contributed by atoms with Gasteiger partial charge in [-0.05, 0) is 32.4 Å². The third-order valence-corrected chi connectivity index (χ3v) is 6.29. The number of sulfone groups is 1. The van der Waals surface area contributed by atoms with E-state index in [0.29, 0.717) is 30.3 Å². The smallest absolute Gasteiger partial charge is 0.228 e. The van der Waals surface area contributed by atoms with E-state index in [0.717, 1.165) is 5.56 Å². The average molecular weight is 362 g/mol. The Balaban J connectivity index is 1.75. The average Bonchev–Trinajstić information content (AvgIpc) is 3.12. The van der Waals surface area contributed by atoms with Crippen LogP contribution >= 0.6 is 0 Å². The minimum Gasteiger partial charge on any atom is -0.441 e. The molecule has 1 saturated heterocycles. The van der Waals surface area contributed by atoms with Crippen molar-refractivity contribution in [1.29, 1.82) is 0 Å². The molecule has 0 bridgehead atoms. The number of carbonyl (C=O) groups is 1. The molecule has 6 nitrogen and oxygen atoms in total. The van der Waals surface area contributed by atoms with Crippen LogP contribution in [-0.4, -0.2) is 48.3 Å². The molecular weight excluding hydrogens is 340 g/mol. The van der Waals surface area contributed by atoms with Crippen LogP contribution in [0.1, 0.15) is 24.8 Å². The largest absolute Gasteiger partial charge is 0.441 e. The van der Waals surface area contributed by atoms with E-state index in [1.54, 1.807) is 11.8 Å². The summed E-state index contributed by atoms with van der Waals surface area (Å²) in [5.74, 6) is 1.21. The van der Waals surface area contributed by atoms with Gasteiger partial charge in [0.05, 0.1) is 23.6 Å². The van der Waals surface area contributed by atoms with Crippen LogP contribution in [0.5, 0.6) is 0 Å². The minimum absolute atomic E-state index is 0.0552. The van der Waals surface area contributed by atoms with Crippen LogP contribution in [0.25, 0.3) is 11.5 Å². The van der Waals surface area contributed by atoms with Gasteiger partial charge in [-0.1, -0.05) is 18.2 Å². The molecule has 1 fully saturated rings. The van der Waals surface area contributed by atoms with E-state index in [1.165, 1.54) is 0 Å². The molecule has 1 atom stereocenters. The van der Waals surface area contributed by atoms with Gasteiger partial charge in [0.25, 0.3) is 0 Å². The van der Waals surface area contributed by atoms with Crippen LogP contribution in [0.3, 0.4) is 0 Å². The van der Waals surface area contributed by atoms with Crippen LogP contribution in [0, 0.1) is 6.92 Å². The van der Waals surface area contributed by atoms with E-state index in [9.17, 15) is 13.2 Å². The molecule has 0 spiro atoms. The summed E-state index contributed by atoms with van der Waals surface area (Å²) in [5.41, 5.74) is 1.46. The number of aromatic nitrogens is 1. The highest BCUT2D eigenvalue weighted by atomic mass is 32.2. The zero-order chi connectivity index (χ0) is 18.0. The van der Waals surface area contributed by atoms with Gasteiger partial charge in [-0.3, -0.25) is 4.79 Å². The predicted molar refractivity (Wildman–Crippen MR) is 94.8 cm³/mol. The van der Waals surface area contributed by atoms with E-state index < -0.39 is 9.84 Å². The molecule has 0 aliphatic carbocycles. The lowest BCUT2D eigenvalue weighted by atomic mass is 10.1. The lowest BCUT2D eigenvalue weighted by molar-refractivity contribution is -0.132. The molecule has 7 heteroatoms. The topological polar surface area (TPSA) is 80.5 Å². The molecule has 1 aliphatic rings. The number of rotatable bonds is 5. The molecule has 3 rings (SSSR count). The standard InChI is InChI=1S/C18H22N2O4S/c1-3-20(15-9-10-25(22,23)12-15)17(21)11-16-13(2)24-18(19-16)14-7-5-4-6-8-14/h4-8,15H,3,9-12H2,1-2H3. The fourth-order valence-corrected chi connectivity index (χ4v) is 4.93. The van der Waals surface area contributed by atoms with E-state index >= 15 is 0 Å². The normalized spacial score (nSPS) is 19.0. The Morgan fingerprint density at radius 3 is 2.64 bits per heavy atom. The molecule has 25 heavy (non-hydrogen) atoms. The molecule has 1 aromatic carbocycles. The maximum absolute atomic E-state index is 12.7. The summed E-state index contributed by atoms with van der Waals surface area (Å²) in [6, 6.07) is 9.29. The van der Waals surface area contributed by atoms with Gasteiger partial charge in [-0.25, -0.2) is 13.4 Å². The molecule has 2 heterocycles. The van der Waals surface area contributed by atoms with Crippen molar-refractivity contribution in [1.82, 2.24) is 9.88 Å². The van der Waals surface area contributed by atoms with Crippen molar-refractivity contribution >= 4 is 15.7 Å². The van der Waals surface area contributed by atoms with Crippen molar-refractivity contribution in [3.63, 3.8) is 0 Å². The monoisotopic (exact) mass is 362 g/mol. The summed E-state index contributed by atoms with van der Waals surface area (Å²) >= 11 is 0. The van der Waals surface area contributed by atoms with Gasteiger partial charge < -0.3 is 9.32 Å². The SMILES string of the molecule is CCN(C(=O)Cc1nc(-c2ccccc2)oc1C)C1CCS(=O)(=O)C1. The summed E-state index contributed by atoms with van der Waals surface area (Å²) < 4.78 is 29.1. The molecule has 1 unspecified atom stereocenters. The second-order valence-corrected chi connectivity index (χ2v) is 8.53. The Hall–Kier alpha value is -2.15. The first kappa shape index (κ1) is 17.7. The summed E-state index contributed by atoms with van der Waals surface area (Å²) in [4.78, 5) is 18.8. The fourth-order valence-electron chi connectivity index (χ4n) is 3.20. The van der Waals surface area contributed by atoms with Crippen molar-refractivity contribution in [3.8, 4) is 11.5 Å². The molecule has 1 amide bonds. The van der Waals surface area contributed by atoms with Crippen molar-refractivity contribution < 1.29 is 17.6 Å². The highest BCUT2D eigenvalue weighted by Gasteiger charge is 2.34. The second-order valence-electron chi connectivity index (χ2n) is 6.30. The van der Waals surface area contributed by atoms with Crippen LogP contribution in [0.2, 0.25) is 0 Å². The van der Waals surface area contributed by atoms with Crippen LogP contribution in [0.15, 0.2) is 34.7 Å². The number of carbonyl (C=O) groups excluding carboxylic acids is 1. The van der Waals surface area contributed by atoms with E-state index in [2.05, 4.69) is 4.98 Å². The van der Waals surface area contributed by atoms with E-state index in [4.69, 9.17) is 4.42 Å². The summed E-state index contributed by atoms with van der Waals surface area (Å²) in [5, 5.41) is 0. The predicted octanol–water partition coefficient (Wildman–Crippen LogP) is 2.23. The fraction of sp³-hybridized carbons (Fsp3) is 0.444. The van der Waals surface area contributed by atoms with Gasteiger partial charge >= 0.3 is 0 Å². The minimum atomic E-state index is -3.03. The number of aryl methyl sites for hydroxylation is 1. The maximum Gasteiger partial charge on any atom is 0.228 e. The quantitative estimate of drug-likeness (QED) is 0.815. The molecular formula is C18H22N2O4S. The lowest BCUT2D eigenvalue weighted by Crippen LogP contribution is -2.41. The first-order chi connectivity index (χ1) is 11.9. The number of likely N-dealkylation sites (N-methyl/N-ethyl adjacent to an activating group) is 1. The zero-order valence-electron chi connectivity index (χ0n) is 14.4. The summed E-state index contributed by atoms with van der Waals surface area (Å²) in [6.45, 7) is 4.15. The van der Waals surface area contributed by atoms with Gasteiger partial charge in [0.2, 0.25) is 11.8 Å². The Bertz CT molecular complexity index is 858. The number of nitrogens with zero attached hydrogens (tertiary/aromatic N) is 2. The van der Waals surface area contributed by atoms with Gasteiger partial charge in [0, 0.05) is 18.2 Å². The molecule has 1 aliphatic heterocycles. The third kappa shape index (κ3) is 3.92. The van der Waals surface area contributed by atoms with Crippen LogP contribution in [-0.2, 0) is 21.1 Å². The number of hydrogen-bond acceptors (Lipinski definition) is 5. The van der Waals surface area contributed by atoms with Gasteiger partial charge in [-0.15, -0.1) is 0 Å². The molecule has 0 saturated carbocycles. The lowest BCUT2D eigenvalue weighted by Gasteiger charge is -2.26. The van der Waals surface area contributed by atoms with Crippen LogP contribution in [0.4, 0.5) is 0 Å². The Labute approximate surface area is 147 Å². The van der Waals surface area contributed by atoms with Crippen molar-refractivity contribution in [2.24, 2.45) is 0 Å². The van der Waals surface area contributed by atoms with Gasteiger partial charge in [0.15, 0.2) is 9.84 Å². The van der Waals surface area contributed by atoms with Crippen LogP contribution < -0.4 is 0 Å². The van der Waals surface area contributed by atoms with Crippen molar-refractivity contribution in [3.05, 3.63) is 41.8 Å². The Morgan fingerprint density at radius 1 is 1.32 bits per heavy atom. The van der Waals surface area contributed by atoms with Crippen molar-refractivity contribution in [2.45, 2.75) is 32.7 Å². The van der Waals surface area contributed by atoms with Gasteiger partial charge in [-0.2, -0.15) is 0 Å². The summed E-state index contributed by atoms with van der Waals surface area (Å²) in [6.07, 6.45) is 0.627.